The molecule has 5 heteroatoms. The monoisotopic (exact) mass is 287 g/mol. The summed E-state index contributed by atoms with van der Waals surface area (Å²) in [6.45, 7) is 4.06. The average molecular weight is 287 g/mol. The lowest BCUT2D eigenvalue weighted by molar-refractivity contribution is 0.966. The molecular formula is C17H13N5. The van der Waals surface area contributed by atoms with Crippen molar-refractivity contribution in [3.8, 4) is 23.9 Å². The number of anilines is 1. The Balaban J connectivity index is 2.32. The Morgan fingerprint density at radius 1 is 0.864 bits per heavy atom. The van der Waals surface area contributed by atoms with Crippen LogP contribution in [-0.2, 0) is 0 Å². The molecule has 0 aliphatic rings. The van der Waals surface area contributed by atoms with Crippen molar-refractivity contribution in [2.75, 3.05) is 5.32 Å². The largest absolute Gasteiger partial charge is 0.345 e. The molecule has 1 aromatic carbocycles. The Morgan fingerprint density at radius 2 is 1.41 bits per heavy atom. The molecule has 1 N–H and O–H groups in total. The van der Waals surface area contributed by atoms with Gasteiger partial charge in [-0.25, -0.2) is 0 Å². The van der Waals surface area contributed by atoms with Gasteiger partial charge in [0.15, 0.2) is 5.57 Å². The molecule has 2 rings (SSSR count). The Kier molecular flexibility index (Phi) is 4.27. The molecule has 0 spiro atoms. The standard InChI is InChI=1S/C17H13N5/c1-12-3-4-13(2)22(12)16-7-5-15(6-8-16)21-17(11-20)14(9-18)10-19/h3-8,21H,1-2H3. The molecular weight excluding hydrogens is 274 g/mol. The first-order chi connectivity index (χ1) is 10.6. The van der Waals surface area contributed by atoms with Crippen LogP contribution in [0.5, 0.6) is 0 Å². The van der Waals surface area contributed by atoms with Crippen LogP contribution < -0.4 is 5.32 Å². The van der Waals surface area contributed by atoms with Crippen LogP contribution in [0.4, 0.5) is 5.69 Å². The first-order valence-corrected chi connectivity index (χ1v) is 6.57. The van der Waals surface area contributed by atoms with Crippen LogP contribution in [0.15, 0.2) is 47.7 Å². The zero-order valence-electron chi connectivity index (χ0n) is 12.3. The first-order valence-electron chi connectivity index (χ1n) is 6.57. The summed E-state index contributed by atoms with van der Waals surface area (Å²) in [5.74, 6) is 0. The molecule has 5 nitrogen and oxygen atoms in total. The number of nitrogens with zero attached hydrogens (tertiary/aromatic N) is 4. The summed E-state index contributed by atoms with van der Waals surface area (Å²) in [6, 6.07) is 16.8. The molecule has 0 aliphatic heterocycles. The van der Waals surface area contributed by atoms with Crippen molar-refractivity contribution in [3.63, 3.8) is 0 Å². The lowest BCUT2D eigenvalue weighted by Crippen LogP contribution is -2.02. The van der Waals surface area contributed by atoms with Gasteiger partial charge < -0.3 is 9.88 Å². The molecule has 106 valence electrons. The SMILES string of the molecule is Cc1ccc(C)n1-c1ccc(NC(C#N)=C(C#N)C#N)cc1. The lowest BCUT2D eigenvalue weighted by Gasteiger charge is -2.11. The number of allylic oxidation sites excluding steroid dienone is 2. The Labute approximate surface area is 129 Å². The Hall–Kier alpha value is -3.49. The minimum atomic E-state index is -0.233. The summed E-state index contributed by atoms with van der Waals surface area (Å²) < 4.78 is 2.11. The molecule has 1 heterocycles. The minimum Gasteiger partial charge on any atom is -0.345 e. The van der Waals surface area contributed by atoms with Gasteiger partial charge in [-0.05, 0) is 50.2 Å². The second kappa shape index (κ2) is 6.31. The number of hydrogen-bond acceptors (Lipinski definition) is 4. The smallest absolute Gasteiger partial charge is 0.163 e. The second-order valence-electron chi connectivity index (χ2n) is 4.71. The van der Waals surface area contributed by atoms with E-state index in [1.54, 1.807) is 24.3 Å². The van der Waals surface area contributed by atoms with Crippen molar-refractivity contribution in [2.24, 2.45) is 0 Å². The van der Waals surface area contributed by atoms with Gasteiger partial charge in [0.2, 0.25) is 0 Å². The quantitative estimate of drug-likeness (QED) is 0.877. The average Bonchev–Trinajstić information content (AvgIpc) is 2.87. The minimum absolute atomic E-state index is 0.0499. The van der Waals surface area contributed by atoms with E-state index in [1.165, 1.54) is 0 Å². The van der Waals surface area contributed by atoms with Gasteiger partial charge in [-0.3, -0.25) is 0 Å². The maximum Gasteiger partial charge on any atom is 0.163 e. The molecule has 1 aromatic heterocycles. The van der Waals surface area contributed by atoms with Crippen molar-refractivity contribution >= 4 is 5.69 Å². The van der Waals surface area contributed by atoms with E-state index in [4.69, 9.17) is 15.8 Å². The second-order valence-corrected chi connectivity index (χ2v) is 4.71. The van der Waals surface area contributed by atoms with Crippen molar-refractivity contribution in [1.82, 2.24) is 4.57 Å². The summed E-state index contributed by atoms with van der Waals surface area (Å²) in [7, 11) is 0. The number of aryl methyl sites for hydroxylation is 2. The van der Waals surface area contributed by atoms with Gasteiger partial charge in [0, 0.05) is 22.8 Å². The van der Waals surface area contributed by atoms with E-state index in [0.29, 0.717) is 5.69 Å². The van der Waals surface area contributed by atoms with Gasteiger partial charge in [-0.15, -0.1) is 0 Å². The number of nitrogens with one attached hydrogen (secondary N) is 1. The van der Waals surface area contributed by atoms with E-state index >= 15 is 0 Å². The van der Waals surface area contributed by atoms with Crippen molar-refractivity contribution in [1.29, 1.82) is 15.8 Å². The van der Waals surface area contributed by atoms with E-state index < -0.39 is 0 Å². The molecule has 0 aliphatic carbocycles. The number of aromatic nitrogens is 1. The predicted octanol–water partition coefficient (Wildman–Crippen LogP) is 3.33. The summed E-state index contributed by atoms with van der Waals surface area (Å²) in [5, 5.41) is 29.4. The molecule has 0 atom stereocenters. The summed E-state index contributed by atoms with van der Waals surface area (Å²) >= 11 is 0. The maximum atomic E-state index is 9.02. The normalized spacial score (nSPS) is 9.23. The molecule has 0 fully saturated rings. The van der Waals surface area contributed by atoms with E-state index in [9.17, 15) is 0 Å². The number of nitriles is 3. The third-order valence-electron chi connectivity index (χ3n) is 3.25. The molecule has 0 unspecified atom stereocenters. The Bertz CT molecular complexity index is 813. The number of hydrogen-bond donors (Lipinski definition) is 1. The van der Waals surface area contributed by atoms with Crippen LogP contribution in [-0.4, -0.2) is 4.57 Å². The zero-order chi connectivity index (χ0) is 16.1. The van der Waals surface area contributed by atoms with E-state index in [-0.39, 0.29) is 11.3 Å². The van der Waals surface area contributed by atoms with Crippen LogP contribution in [0.2, 0.25) is 0 Å². The van der Waals surface area contributed by atoms with Crippen LogP contribution in [0.1, 0.15) is 11.4 Å². The number of benzene rings is 1. The zero-order valence-corrected chi connectivity index (χ0v) is 12.3. The van der Waals surface area contributed by atoms with Gasteiger partial charge in [-0.2, -0.15) is 15.8 Å². The molecule has 0 saturated heterocycles. The fraction of sp³-hybridized carbons (Fsp3) is 0.118. The van der Waals surface area contributed by atoms with Crippen LogP contribution in [0, 0.1) is 47.8 Å². The van der Waals surface area contributed by atoms with Crippen LogP contribution >= 0.6 is 0 Å². The van der Waals surface area contributed by atoms with Gasteiger partial charge in [0.05, 0.1) is 0 Å². The van der Waals surface area contributed by atoms with Crippen molar-refractivity contribution in [3.05, 3.63) is 59.1 Å². The van der Waals surface area contributed by atoms with Gasteiger partial charge in [0.25, 0.3) is 0 Å². The third-order valence-corrected chi connectivity index (χ3v) is 3.25. The molecule has 0 bridgehead atoms. The van der Waals surface area contributed by atoms with E-state index in [0.717, 1.165) is 17.1 Å². The molecule has 2 aromatic rings. The summed E-state index contributed by atoms with van der Waals surface area (Å²) in [6.07, 6.45) is 0. The third kappa shape index (κ3) is 2.82. The Morgan fingerprint density at radius 3 is 1.86 bits per heavy atom. The fourth-order valence-electron chi connectivity index (χ4n) is 2.20. The highest BCUT2D eigenvalue weighted by Crippen LogP contribution is 2.19. The van der Waals surface area contributed by atoms with Crippen LogP contribution in [0.25, 0.3) is 5.69 Å². The fourth-order valence-corrected chi connectivity index (χ4v) is 2.20. The highest BCUT2D eigenvalue weighted by Gasteiger charge is 2.07. The highest BCUT2D eigenvalue weighted by atomic mass is 15.0. The topological polar surface area (TPSA) is 88.3 Å². The molecule has 22 heavy (non-hydrogen) atoms. The van der Waals surface area contributed by atoms with Gasteiger partial charge in [0.1, 0.15) is 23.9 Å². The van der Waals surface area contributed by atoms with Gasteiger partial charge in [-0.1, -0.05) is 0 Å². The van der Waals surface area contributed by atoms with E-state index in [2.05, 4.69) is 9.88 Å². The number of rotatable bonds is 3. The summed E-state index contributed by atoms with van der Waals surface area (Å²) in [4.78, 5) is 0. The van der Waals surface area contributed by atoms with Crippen LogP contribution in [0.3, 0.4) is 0 Å². The summed E-state index contributed by atoms with van der Waals surface area (Å²) in [5.41, 5.74) is 3.63. The first kappa shape index (κ1) is 14.9. The molecule has 0 saturated carbocycles. The molecule has 0 amide bonds. The highest BCUT2D eigenvalue weighted by molar-refractivity contribution is 5.59. The molecule has 0 radical (unpaired) electrons. The van der Waals surface area contributed by atoms with Crippen molar-refractivity contribution < 1.29 is 0 Å². The van der Waals surface area contributed by atoms with Gasteiger partial charge >= 0.3 is 0 Å². The lowest BCUT2D eigenvalue weighted by atomic mass is 10.2. The predicted molar refractivity (Wildman–Crippen MR) is 82.7 cm³/mol. The van der Waals surface area contributed by atoms with Crippen molar-refractivity contribution in [2.45, 2.75) is 13.8 Å². The maximum absolute atomic E-state index is 9.02. The van der Waals surface area contributed by atoms with E-state index in [1.807, 2.05) is 44.2 Å².